The average molecular weight is 296 g/mol. The molecule has 106 valence electrons. The molecule has 21 heavy (non-hydrogen) atoms. The molecular weight excluding hydrogens is 292 g/mol. The van der Waals surface area contributed by atoms with Crippen LogP contribution in [0.15, 0.2) is 23.4 Å². The van der Waals surface area contributed by atoms with Crippen molar-refractivity contribution in [2.75, 3.05) is 5.32 Å². The Bertz CT molecular complexity index is 716. The van der Waals surface area contributed by atoms with Crippen LogP contribution in [0, 0.1) is 39.8 Å². The molecule has 0 aromatic heterocycles. The molecule has 0 saturated heterocycles. The molecule has 0 atom stereocenters. The standard InChI is InChI=1S/C12H4F4N4O/c13-7-1-2-8(11(21)10(7)12(14,15)16)20-9(5-19)6(3-17)4-18/h1-2,20-21H. The van der Waals surface area contributed by atoms with Gasteiger partial charge in [-0.25, -0.2) is 4.39 Å². The lowest BCUT2D eigenvalue weighted by Gasteiger charge is -2.14. The lowest BCUT2D eigenvalue weighted by atomic mass is 10.1. The summed E-state index contributed by atoms with van der Waals surface area (Å²) < 4.78 is 50.9. The highest BCUT2D eigenvalue weighted by molar-refractivity contribution is 5.66. The maximum atomic E-state index is 13.1. The van der Waals surface area contributed by atoms with Crippen molar-refractivity contribution in [2.45, 2.75) is 6.18 Å². The Morgan fingerprint density at radius 3 is 2.10 bits per heavy atom. The molecule has 0 saturated carbocycles. The fourth-order valence-corrected chi connectivity index (χ4v) is 1.35. The second kappa shape index (κ2) is 5.81. The van der Waals surface area contributed by atoms with Crippen molar-refractivity contribution in [3.8, 4) is 24.0 Å². The average Bonchev–Trinajstić information content (AvgIpc) is 2.39. The number of alkyl halides is 3. The fraction of sp³-hybridized carbons (Fsp3) is 0.0833. The molecule has 0 aliphatic rings. The number of aromatic hydroxyl groups is 1. The quantitative estimate of drug-likeness (QED) is 0.496. The number of phenolic OH excluding ortho intramolecular Hbond substituents is 1. The van der Waals surface area contributed by atoms with Gasteiger partial charge in [-0.1, -0.05) is 0 Å². The van der Waals surface area contributed by atoms with Gasteiger partial charge in [-0.05, 0) is 12.1 Å². The van der Waals surface area contributed by atoms with Gasteiger partial charge >= 0.3 is 6.18 Å². The Balaban J connectivity index is 3.44. The van der Waals surface area contributed by atoms with Crippen molar-refractivity contribution in [1.29, 1.82) is 15.8 Å². The molecule has 0 fully saturated rings. The number of rotatable bonds is 2. The zero-order chi connectivity index (χ0) is 16.2. The summed E-state index contributed by atoms with van der Waals surface area (Å²) in [6.07, 6.45) is -5.16. The van der Waals surface area contributed by atoms with E-state index in [4.69, 9.17) is 15.8 Å². The Morgan fingerprint density at radius 1 is 1.10 bits per heavy atom. The smallest absolute Gasteiger partial charge is 0.422 e. The summed E-state index contributed by atoms with van der Waals surface area (Å²) in [6, 6.07) is 5.27. The van der Waals surface area contributed by atoms with E-state index in [0.717, 1.165) is 6.07 Å². The molecule has 5 nitrogen and oxygen atoms in total. The Hall–Kier alpha value is -3.25. The molecule has 9 heteroatoms. The van der Waals surface area contributed by atoms with Crippen molar-refractivity contribution in [2.24, 2.45) is 0 Å². The zero-order valence-corrected chi connectivity index (χ0v) is 9.96. The summed E-state index contributed by atoms with van der Waals surface area (Å²) in [5.41, 5.74) is -3.95. The number of phenols is 1. The molecule has 1 aromatic rings. The first-order valence-corrected chi connectivity index (χ1v) is 5.06. The minimum absolute atomic E-state index is 0.429. The van der Waals surface area contributed by atoms with E-state index in [1.165, 1.54) is 18.2 Å². The van der Waals surface area contributed by atoms with Gasteiger partial charge in [0.2, 0.25) is 0 Å². The molecule has 0 aliphatic heterocycles. The number of anilines is 1. The summed E-state index contributed by atoms with van der Waals surface area (Å²) in [5, 5.41) is 37.4. The molecule has 0 bridgehead atoms. The molecule has 0 spiro atoms. The molecule has 0 aliphatic carbocycles. The number of nitriles is 3. The first kappa shape index (κ1) is 15.8. The topological polar surface area (TPSA) is 104 Å². The molecule has 1 aromatic carbocycles. The molecular formula is C12H4F4N4O. The van der Waals surface area contributed by atoms with E-state index >= 15 is 0 Å². The van der Waals surface area contributed by atoms with E-state index in [2.05, 4.69) is 0 Å². The maximum Gasteiger partial charge on any atom is 0.422 e. The fourth-order valence-electron chi connectivity index (χ4n) is 1.35. The van der Waals surface area contributed by atoms with Gasteiger partial charge < -0.3 is 10.4 Å². The number of benzene rings is 1. The number of halogens is 4. The van der Waals surface area contributed by atoms with Crippen LogP contribution in [-0.2, 0) is 6.18 Å². The number of allylic oxidation sites excluding steroid dienone is 2. The largest absolute Gasteiger partial charge is 0.505 e. The normalized spacial score (nSPS) is 9.95. The molecule has 0 amide bonds. The number of nitrogens with zero attached hydrogens (tertiary/aromatic N) is 3. The summed E-state index contributed by atoms with van der Waals surface area (Å²) in [7, 11) is 0. The minimum atomic E-state index is -5.16. The van der Waals surface area contributed by atoms with E-state index in [0.29, 0.717) is 6.07 Å². The summed E-state index contributed by atoms with van der Waals surface area (Å²) >= 11 is 0. The van der Waals surface area contributed by atoms with E-state index in [9.17, 15) is 22.7 Å². The van der Waals surface area contributed by atoms with Crippen LogP contribution in [0.3, 0.4) is 0 Å². The minimum Gasteiger partial charge on any atom is -0.505 e. The van der Waals surface area contributed by atoms with Crippen LogP contribution in [0.25, 0.3) is 0 Å². The van der Waals surface area contributed by atoms with Crippen LogP contribution < -0.4 is 5.32 Å². The third-order valence-corrected chi connectivity index (χ3v) is 2.26. The predicted octanol–water partition coefficient (Wildman–Crippen LogP) is 2.79. The predicted molar refractivity (Wildman–Crippen MR) is 60.6 cm³/mol. The highest BCUT2D eigenvalue weighted by Crippen LogP contribution is 2.41. The summed E-state index contributed by atoms with van der Waals surface area (Å²) in [5.74, 6) is -3.18. The lowest BCUT2D eigenvalue weighted by Crippen LogP contribution is -2.10. The molecule has 1 rings (SSSR count). The molecule has 0 unspecified atom stereocenters. The van der Waals surface area contributed by atoms with Gasteiger partial charge in [0.05, 0.1) is 5.69 Å². The zero-order valence-electron chi connectivity index (χ0n) is 9.96. The van der Waals surface area contributed by atoms with Crippen molar-refractivity contribution in [3.63, 3.8) is 0 Å². The highest BCUT2D eigenvalue weighted by atomic mass is 19.4. The molecule has 2 N–H and O–H groups in total. The highest BCUT2D eigenvalue weighted by Gasteiger charge is 2.38. The van der Waals surface area contributed by atoms with Crippen LogP contribution in [-0.4, -0.2) is 5.11 Å². The van der Waals surface area contributed by atoms with Crippen LogP contribution in [0.4, 0.5) is 23.2 Å². The van der Waals surface area contributed by atoms with Crippen molar-refractivity contribution in [3.05, 3.63) is 34.8 Å². The van der Waals surface area contributed by atoms with E-state index in [1.54, 1.807) is 0 Å². The Morgan fingerprint density at radius 2 is 1.67 bits per heavy atom. The van der Waals surface area contributed by atoms with Crippen molar-refractivity contribution < 1.29 is 22.7 Å². The van der Waals surface area contributed by atoms with Crippen LogP contribution in [0.5, 0.6) is 5.75 Å². The number of hydrogen-bond acceptors (Lipinski definition) is 5. The second-order valence-electron chi connectivity index (χ2n) is 3.53. The van der Waals surface area contributed by atoms with Gasteiger partial charge in [0.25, 0.3) is 0 Å². The second-order valence-corrected chi connectivity index (χ2v) is 3.53. The first-order chi connectivity index (χ1) is 9.76. The van der Waals surface area contributed by atoms with Gasteiger partial charge in [-0.3, -0.25) is 0 Å². The monoisotopic (exact) mass is 296 g/mol. The van der Waals surface area contributed by atoms with Gasteiger partial charge in [0.15, 0.2) is 11.3 Å². The Kier molecular flexibility index (Phi) is 4.37. The van der Waals surface area contributed by atoms with Gasteiger partial charge in [-0.15, -0.1) is 0 Å². The van der Waals surface area contributed by atoms with Crippen LogP contribution >= 0.6 is 0 Å². The summed E-state index contributed by atoms with van der Waals surface area (Å²) in [4.78, 5) is 0. The number of nitrogens with one attached hydrogen (secondary N) is 1. The SMILES string of the molecule is N#CC(C#N)=C(C#N)Nc1ccc(F)c(C(F)(F)F)c1O. The summed E-state index contributed by atoms with van der Waals surface area (Å²) in [6.45, 7) is 0. The van der Waals surface area contributed by atoms with Crippen molar-refractivity contribution in [1.82, 2.24) is 0 Å². The van der Waals surface area contributed by atoms with E-state index in [1.807, 2.05) is 5.32 Å². The van der Waals surface area contributed by atoms with E-state index in [-0.39, 0.29) is 0 Å². The maximum absolute atomic E-state index is 13.1. The van der Waals surface area contributed by atoms with Crippen LogP contribution in [0.1, 0.15) is 5.56 Å². The third kappa shape index (κ3) is 3.20. The molecule has 0 radical (unpaired) electrons. The van der Waals surface area contributed by atoms with Gasteiger partial charge in [0, 0.05) is 0 Å². The van der Waals surface area contributed by atoms with Crippen LogP contribution in [0.2, 0.25) is 0 Å². The lowest BCUT2D eigenvalue weighted by molar-refractivity contribution is -0.141. The molecule has 0 heterocycles. The Labute approximate surface area is 115 Å². The number of hydrogen-bond donors (Lipinski definition) is 2. The first-order valence-electron chi connectivity index (χ1n) is 5.06. The van der Waals surface area contributed by atoms with E-state index < -0.39 is 40.3 Å². The van der Waals surface area contributed by atoms with Crippen molar-refractivity contribution >= 4 is 5.69 Å². The van der Waals surface area contributed by atoms with Gasteiger partial charge in [-0.2, -0.15) is 29.0 Å². The third-order valence-electron chi connectivity index (χ3n) is 2.26. The van der Waals surface area contributed by atoms with Gasteiger partial charge in [0.1, 0.15) is 35.3 Å².